The third-order valence-corrected chi connectivity index (χ3v) is 5.50. The van der Waals surface area contributed by atoms with Gasteiger partial charge in [0.25, 0.3) is 5.97 Å². The van der Waals surface area contributed by atoms with Gasteiger partial charge in [0.1, 0.15) is 6.10 Å². The first-order chi connectivity index (χ1) is 14.1. The van der Waals surface area contributed by atoms with E-state index < -0.39 is 5.97 Å². The van der Waals surface area contributed by atoms with E-state index >= 15 is 0 Å². The molecule has 0 spiro atoms. The molecule has 2 atom stereocenters. The van der Waals surface area contributed by atoms with Gasteiger partial charge in [-0.25, -0.2) is 0 Å². The van der Waals surface area contributed by atoms with Crippen LogP contribution in [-0.2, 0) is 23.8 Å². The van der Waals surface area contributed by atoms with Crippen LogP contribution in [0.1, 0.15) is 90.4 Å². The zero-order chi connectivity index (χ0) is 20.8. The smallest absolute Gasteiger partial charge is 0.280 e. The highest BCUT2D eigenvalue weighted by atomic mass is 16.9. The largest absolute Gasteiger partial charge is 0.356 e. The van der Waals surface area contributed by atoms with Crippen molar-refractivity contribution in [3.8, 4) is 0 Å². The topological polar surface area (TPSA) is 85.9 Å². The second-order valence-corrected chi connectivity index (χ2v) is 8.30. The molecular formula is C22H40N2O5. The van der Waals surface area contributed by atoms with Crippen LogP contribution >= 0.6 is 0 Å². The molecule has 2 unspecified atom stereocenters. The summed E-state index contributed by atoms with van der Waals surface area (Å²) in [6.45, 7) is 3.92. The van der Waals surface area contributed by atoms with Crippen LogP contribution in [0.3, 0.4) is 0 Å². The molecule has 2 fully saturated rings. The minimum absolute atomic E-state index is 0.0795. The van der Waals surface area contributed by atoms with Crippen LogP contribution in [0.5, 0.6) is 0 Å². The summed E-state index contributed by atoms with van der Waals surface area (Å²) in [6.07, 6.45) is 12.7. The van der Waals surface area contributed by atoms with E-state index in [1.165, 1.54) is 25.7 Å². The molecule has 29 heavy (non-hydrogen) atoms. The molecular weight excluding hydrogens is 372 g/mol. The maximum atomic E-state index is 12.0. The van der Waals surface area contributed by atoms with Crippen molar-refractivity contribution in [1.82, 2.24) is 10.6 Å². The summed E-state index contributed by atoms with van der Waals surface area (Å²) in [6, 6.07) is 0. The minimum atomic E-state index is -1.03. The Morgan fingerprint density at radius 2 is 1.34 bits per heavy atom. The second kappa shape index (κ2) is 13.9. The van der Waals surface area contributed by atoms with Crippen molar-refractivity contribution in [3.63, 3.8) is 0 Å². The van der Waals surface area contributed by atoms with Crippen LogP contribution < -0.4 is 10.6 Å². The number of rotatable bonds is 0. The molecule has 2 heterocycles. The lowest BCUT2D eigenvalue weighted by molar-refractivity contribution is -0.324. The molecule has 2 aliphatic rings. The summed E-state index contributed by atoms with van der Waals surface area (Å²) in [5, 5.41) is 5.95. The average molecular weight is 413 g/mol. The molecule has 0 radical (unpaired) electrons. The average Bonchev–Trinajstić information content (AvgIpc) is 3.07. The molecule has 2 saturated heterocycles. The van der Waals surface area contributed by atoms with Gasteiger partial charge in [0.05, 0.1) is 13.2 Å². The molecule has 2 amide bonds. The van der Waals surface area contributed by atoms with Gasteiger partial charge in [0.15, 0.2) is 0 Å². The fourth-order valence-corrected chi connectivity index (χ4v) is 3.72. The summed E-state index contributed by atoms with van der Waals surface area (Å²) in [7, 11) is 0. The van der Waals surface area contributed by atoms with Gasteiger partial charge in [0.2, 0.25) is 11.8 Å². The van der Waals surface area contributed by atoms with Crippen molar-refractivity contribution >= 4 is 11.8 Å². The number of carbonyl (C=O) groups excluding carboxylic acids is 2. The first kappa shape index (κ1) is 24.1. The van der Waals surface area contributed by atoms with Crippen molar-refractivity contribution in [2.24, 2.45) is 0 Å². The molecule has 0 aromatic heterocycles. The number of nitrogens with one attached hydrogen (secondary N) is 2. The Morgan fingerprint density at radius 3 is 2.03 bits per heavy atom. The molecule has 2 N–H and O–H groups in total. The Kier molecular flexibility index (Phi) is 11.6. The Balaban J connectivity index is 1.70. The van der Waals surface area contributed by atoms with Gasteiger partial charge in [-0.2, -0.15) is 0 Å². The predicted octanol–water partition coefficient (Wildman–Crippen LogP) is 3.41. The summed E-state index contributed by atoms with van der Waals surface area (Å²) in [5.41, 5.74) is 0. The highest BCUT2D eigenvalue weighted by molar-refractivity contribution is 5.76. The molecule has 2 bridgehead atoms. The third-order valence-electron chi connectivity index (χ3n) is 5.50. The highest BCUT2D eigenvalue weighted by Crippen LogP contribution is 2.24. The van der Waals surface area contributed by atoms with E-state index in [1.807, 2.05) is 0 Å². The Bertz CT molecular complexity index is 488. The number of hydrogen-bond donors (Lipinski definition) is 2. The monoisotopic (exact) mass is 412 g/mol. The van der Waals surface area contributed by atoms with Gasteiger partial charge in [0, 0.05) is 32.9 Å². The van der Waals surface area contributed by atoms with Gasteiger partial charge >= 0.3 is 0 Å². The van der Waals surface area contributed by atoms with Crippen LogP contribution in [0.2, 0.25) is 0 Å². The number of amides is 2. The lowest BCUT2D eigenvalue weighted by Gasteiger charge is -2.23. The van der Waals surface area contributed by atoms with Crippen molar-refractivity contribution in [3.05, 3.63) is 0 Å². The van der Waals surface area contributed by atoms with E-state index in [-0.39, 0.29) is 17.9 Å². The molecule has 0 saturated carbocycles. The van der Waals surface area contributed by atoms with Crippen molar-refractivity contribution < 1.29 is 23.8 Å². The Morgan fingerprint density at radius 1 is 0.759 bits per heavy atom. The third kappa shape index (κ3) is 11.0. The van der Waals surface area contributed by atoms with E-state index in [2.05, 4.69) is 10.6 Å². The second-order valence-electron chi connectivity index (χ2n) is 8.30. The molecule has 2 rings (SSSR count). The van der Waals surface area contributed by atoms with E-state index in [1.54, 1.807) is 6.92 Å². The maximum Gasteiger partial charge on any atom is 0.280 e. The summed E-state index contributed by atoms with van der Waals surface area (Å²) < 4.78 is 17.2. The molecule has 0 aromatic rings. The molecule has 7 nitrogen and oxygen atoms in total. The molecule has 0 aromatic carbocycles. The van der Waals surface area contributed by atoms with Crippen LogP contribution in [0, 0.1) is 0 Å². The van der Waals surface area contributed by atoms with Crippen LogP contribution in [0.4, 0.5) is 0 Å². The molecule has 168 valence electrons. The van der Waals surface area contributed by atoms with Crippen molar-refractivity contribution in [2.45, 2.75) is 102 Å². The zero-order valence-electron chi connectivity index (χ0n) is 18.1. The van der Waals surface area contributed by atoms with Crippen LogP contribution in [0.15, 0.2) is 0 Å². The zero-order valence-corrected chi connectivity index (χ0v) is 18.1. The maximum absolute atomic E-state index is 12.0. The highest BCUT2D eigenvalue weighted by Gasteiger charge is 2.38. The summed E-state index contributed by atoms with van der Waals surface area (Å²) in [4.78, 5) is 23.8. The van der Waals surface area contributed by atoms with Gasteiger partial charge in [-0.1, -0.05) is 38.5 Å². The van der Waals surface area contributed by atoms with Crippen molar-refractivity contribution in [1.29, 1.82) is 0 Å². The number of hydrogen-bond acceptors (Lipinski definition) is 5. The predicted molar refractivity (Wildman–Crippen MR) is 111 cm³/mol. The van der Waals surface area contributed by atoms with Gasteiger partial charge in [-0.15, -0.1) is 0 Å². The summed E-state index contributed by atoms with van der Waals surface area (Å²) >= 11 is 0. The molecule has 0 aliphatic carbocycles. The Labute approximate surface area is 175 Å². The minimum Gasteiger partial charge on any atom is -0.356 e. The lowest BCUT2D eigenvalue weighted by atomic mass is 10.1. The molecule has 7 heteroatoms. The van der Waals surface area contributed by atoms with E-state index in [0.29, 0.717) is 32.6 Å². The number of fused-ring (bicyclic) bond motifs is 2. The lowest BCUT2D eigenvalue weighted by Crippen LogP contribution is -2.36. The number of ether oxygens (including phenoxy) is 3. The first-order valence-electron chi connectivity index (χ1n) is 11.6. The van der Waals surface area contributed by atoms with E-state index in [9.17, 15) is 9.59 Å². The van der Waals surface area contributed by atoms with Gasteiger partial charge in [-0.3, -0.25) is 9.59 Å². The van der Waals surface area contributed by atoms with Crippen LogP contribution in [-0.4, -0.2) is 50.2 Å². The normalized spacial score (nSPS) is 30.7. The van der Waals surface area contributed by atoms with E-state index in [0.717, 1.165) is 51.5 Å². The SMILES string of the molecule is CC12OCCCCCNC(=O)CCCCCCCCCCC(=O)NCC(CO1)O2. The Hall–Kier alpha value is -1.18. The van der Waals surface area contributed by atoms with Gasteiger partial charge in [-0.05, 0) is 32.1 Å². The van der Waals surface area contributed by atoms with E-state index in [4.69, 9.17) is 14.2 Å². The molecule has 2 aliphatic heterocycles. The fraction of sp³-hybridized carbons (Fsp3) is 0.909. The first-order valence-corrected chi connectivity index (χ1v) is 11.6. The number of carbonyl (C=O) groups is 2. The standard InChI is InChI=1S/C22H40N2O5/c1-22-27-16-12-8-11-15-23-20(25)13-9-6-4-2-3-5-7-10-14-21(26)24-17-19(29-22)18-28-22/h19H,2-18H2,1H3,(H,23,25)(H,24,26). The van der Waals surface area contributed by atoms with Crippen LogP contribution in [0.25, 0.3) is 0 Å². The quantitative estimate of drug-likeness (QED) is 0.637. The summed E-state index contributed by atoms with van der Waals surface area (Å²) in [5.74, 6) is -0.784. The van der Waals surface area contributed by atoms with Gasteiger partial charge < -0.3 is 24.8 Å². The van der Waals surface area contributed by atoms with Crippen molar-refractivity contribution in [2.75, 3.05) is 26.3 Å². The fourth-order valence-electron chi connectivity index (χ4n) is 3.72.